The van der Waals surface area contributed by atoms with Crippen molar-refractivity contribution in [3.05, 3.63) is 48.6 Å². The average molecular weight is 880 g/mol. The molecule has 3 N–H and O–H groups in total. The maximum atomic E-state index is 12.7. The van der Waals surface area contributed by atoms with Gasteiger partial charge in [0.1, 0.15) is 6.10 Å². The van der Waals surface area contributed by atoms with Gasteiger partial charge in [0.25, 0.3) is 0 Å². The van der Waals surface area contributed by atoms with E-state index in [1.807, 2.05) is 0 Å². The third kappa shape index (κ3) is 49.3. The lowest BCUT2D eigenvalue weighted by Gasteiger charge is -2.20. The van der Waals surface area contributed by atoms with E-state index >= 15 is 0 Å². The van der Waals surface area contributed by atoms with Crippen LogP contribution in [-0.2, 0) is 27.9 Å². The third-order valence-electron chi connectivity index (χ3n) is 11.0. The quantitative estimate of drug-likeness (QED) is 0.0269. The number of nitrogens with two attached hydrogens (primary N) is 1. The first-order valence-electron chi connectivity index (χ1n) is 25.6. The number of hydrogen-bond acceptors (Lipinski definition) is 7. The second-order valence-electron chi connectivity index (χ2n) is 17.0. The number of carbonyl (C=O) groups is 1. The molecule has 0 aliphatic heterocycles. The average Bonchev–Trinajstić information content (AvgIpc) is 3.25. The van der Waals surface area contributed by atoms with Gasteiger partial charge in [0.05, 0.1) is 19.8 Å². The lowest BCUT2D eigenvalue weighted by molar-refractivity contribution is -0.154. The number of esters is 1. The topological polar surface area (TPSA) is 117 Å². The molecule has 61 heavy (non-hydrogen) atoms. The summed E-state index contributed by atoms with van der Waals surface area (Å²) in [6.07, 6.45) is 59.9. The van der Waals surface area contributed by atoms with Crippen LogP contribution in [-0.4, -0.2) is 49.9 Å². The number of allylic oxidation sites excluding steroid dienone is 8. The van der Waals surface area contributed by atoms with Crippen molar-refractivity contribution in [2.75, 3.05) is 33.0 Å². The number of hydrogen-bond donors (Lipinski definition) is 2. The minimum absolute atomic E-state index is 0.0976. The van der Waals surface area contributed by atoms with Gasteiger partial charge in [0, 0.05) is 19.6 Å². The summed E-state index contributed by atoms with van der Waals surface area (Å²) in [5, 5.41) is 0. The van der Waals surface area contributed by atoms with Crippen molar-refractivity contribution in [1.82, 2.24) is 0 Å². The van der Waals surface area contributed by atoms with Gasteiger partial charge in [-0.2, -0.15) is 0 Å². The maximum absolute atomic E-state index is 12.7. The van der Waals surface area contributed by atoms with E-state index in [0.29, 0.717) is 13.0 Å². The van der Waals surface area contributed by atoms with Crippen LogP contribution >= 0.6 is 7.82 Å². The lowest BCUT2D eigenvalue weighted by Crippen LogP contribution is -2.28. The molecule has 2 atom stereocenters. The molecule has 2 unspecified atom stereocenters. The van der Waals surface area contributed by atoms with Crippen LogP contribution in [0.5, 0.6) is 0 Å². The van der Waals surface area contributed by atoms with E-state index in [-0.39, 0.29) is 32.3 Å². The van der Waals surface area contributed by atoms with Crippen LogP contribution in [0.1, 0.15) is 239 Å². The van der Waals surface area contributed by atoms with Crippen LogP contribution in [0.25, 0.3) is 0 Å². The summed E-state index contributed by atoms with van der Waals surface area (Å²) in [6.45, 7) is 4.92. The Bertz CT molecular complexity index is 1080. The molecule has 0 fully saturated rings. The molecule has 0 saturated carbocycles. The molecule has 0 amide bonds. The number of unbranched alkanes of at least 4 members (excludes halogenated alkanes) is 28. The molecule has 0 aromatic carbocycles. The molecule has 0 heterocycles. The van der Waals surface area contributed by atoms with Crippen molar-refractivity contribution < 1.29 is 32.8 Å². The fourth-order valence-corrected chi connectivity index (χ4v) is 7.94. The lowest BCUT2D eigenvalue weighted by atomic mass is 10.1. The van der Waals surface area contributed by atoms with Crippen molar-refractivity contribution in [2.24, 2.45) is 5.73 Å². The Kier molecular flexibility index (Phi) is 48.2. The summed E-state index contributed by atoms with van der Waals surface area (Å²) in [5.41, 5.74) is 5.39. The van der Waals surface area contributed by atoms with E-state index < -0.39 is 13.9 Å². The maximum Gasteiger partial charge on any atom is 0.472 e. The fourth-order valence-electron chi connectivity index (χ4n) is 7.18. The molecule has 0 aliphatic rings. The Hall–Kier alpha value is -1.54. The van der Waals surface area contributed by atoms with Crippen molar-refractivity contribution >= 4 is 13.8 Å². The molecule has 0 spiro atoms. The normalized spacial score (nSPS) is 13.7. The molecule has 0 aromatic heterocycles. The standard InChI is InChI=1S/C52H98NO7P/c1-3-5-7-9-11-13-15-17-19-21-23-24-25-26-27-29-31-33-35-37-39-41-43-45-52(54)60-51(50-59-61(55,56)58-48-46-53)49-57-47-44-42-40-38-36-34-32-30-28-22-20-18-16-14-12-10-8-6-4-2/h15,17,20-23,25-26,51H,3-14,16,18-19,24,27-50,53H2,1-2H3,(H,55,56)/b17-15-,22-20-,23-21-,26-25-. The Balaban J connectivity index is 3.97. The van der Waals surface area contributed by atoms with Crippen LogP contribution in [0.4, 0.5) is 0 Å². The monoisotopic (exact) mass is 880 g/mol. The van der Waals surface area contributed by atoms with Crippen LogP contribution < -0.4 is 5.73 Å². The molecule has 0 radical (unpaired) electrons. The number of rotatable bonds is 49. The smallest absolute Gasteiger partial charge is 0.457 e. The highest BCUT2D eigenvalue weighted by Gasteiger charge is 2.25. The molecule has 8 nitrogen and oxygen atoms in total. The Morgan fingerprint density at radius 3 is 1.31 bits per heavy atom. The zero-order valence-electron chi connectivity index (χ0n) is 39.9. The Morgan fingerprint density at radius 2 is 0.869 bits per heavy atom. The van der Waals surface area contributed by atoms with E-state index in [9.17, 15) is 14.3 Å². The van der Waals surface area contributed by atoms with Crippen molar-refractivity contribution in [3.8, 4) is 0 Å². The first-order valence-corrected chi connectivity index (χ1v) is 27.1. The Morgan fingerprint density at radius 1 is 0.492 bits per heavy atom. The van der Waals surface area contributed by atoms with Crippen LogP contribution in [0, 0.1) is 0 Å². The molecular formula is C52H98NO7P. The second-order valence-corrected chi connectivity index (χ2v) is 18.5. The highest BCUT2D eigenvalue weighted by Crippen LogP contribution is 2.43. The largest absolute Gasteiger partial charge is 0.472 e. The molecule has 0 aliphatic carbocycles. The van der Waals surface area contributed by atoms with Crippen LogP contribution in [0.3, 0.4) is 0 Å². The van der Waals surface area contributed by atoms with Gasteiger partial charge >= 0.3 is 13.8 Å². The third-order valence-corrected chi connectivity index (χ3v) is 12.0. The van der Waals surface area contributed by atoms with Gasteiger partial charge in [-0.1, -0.05) is 204 Å². The number of phosphoric ester groups is 1. The predicted octanol–water partition coefficient (Wildman–Crippen LogP) is 15.9. The first kappa shape index (κ1) is 59.5. The summed E-state index contributed by atoms with van der Waals surface area (Å²) in [7, 11) is -4.29. The molecular weight excluding hydrogens is 782 g/mol. The van der Waals surface area contributed by atoms with Crippen molar-refractivity contribution in [2.45, 2.75) is 245 Å². The number of ether oxygens (including phenoxy) is 2. The first-order chi connectivity index (χ1) is 29.9. The van der Waals surface area contributed by atoms with Gasteiger partial charge in [-0.25, -0.2) is 4.57 Å². The van der Waals surface area contributed by atoms with Crippen LogP contribution in [0.2, 0.25) is 0 Å². The highest BCUT2D eigenvalue weighted by atomic mass is 31.2. The summed E-state index contributed by atoms with van der Waals surface area (Å²) >= 11 is 0. The highest BCUT2D eigenvalue weighted by molar-refractivity contribution is 7.47. The van der Waals surface area contributed by atoms with Gasteiger partial charge in [0.2, 0.25) is 0 Å². The number of phosphoric acid groups is 1. The molecule has 0 aromatic rings. The molecule has 9 heteroatoms. The summed E-state index contributed by atoms with van der Waals surface area (Å²) < 4.78 is 33.6. The Labute approximate surface area is 377 Å². The molecule has 358 valence electrons. The van der Waals surface area contributed by atoms with E-state index in [1.54, 1.807) is 0 Å². The minimum Gasteiger partial charge on any atom is -0.457 e. The van der Waals surface area contributed by atoms with Gasteiger partial charge in [-0.05, 0) is 77.0 Å². The summed E-state index contributed by atoms with van der Waals surface area (Å²) in [6, 6.07) is 0. The summed E-state index contributed by atoms with van der Waals surface area (Å²) in [5.74, 6) is -0.337. The molecule has 0 rings (SSSR count). The molecule has 0 bridgehead atoms. The predicted molar refractivity (Wildman–Crippen MR) is 261 cm³/mol. The fraction of sp³-hybridized carbons (Fsp3) is 0.827. The zero-order valence-corrected chi connectivity index (χ0v) is 40.8. The van der Waals surface area contributed by atoms with Crippen molar-refractivity contribution in [3.63, 3.8) is 0 Å². The SMILES string of the molecule is CCCCCCC/C=C\C/C=C\C/C=C\CCCCCCCCCCC(=O)OC(COCCCCCCCCCC/C=C\CCCCCCCCC)COP(=O)(O)OCCN. The van der Waals surface area contributed by atoms with Crippen molar-refractivity contribution in [1.29, 1.82) is 0 Å². The van der Waals surface area contributed by atoms with Gasteiger partial charge in [-0.15, -0.1) is 0 Å². The minimum atomic E-state index is -4.29. The van der Waals surface area contributed by atoms with Gasteiger partial charge in [-0.3, -0.25) is 13.8 Å². The van der Waals surface area contributed by atoms with Crippen LogP contribution in [0.15, 0.2) is 48.6 Å². The van der Waals surface area contributed by atoms with Gasteiger partial charge in [0.15, 0.2) is 0 Å². The second kappa shape index (κ2) is 49.5. The van der Waals surface area contributed by atoms with E-state index in [2.05, 4.69) is 62.5 Å². The summed E-state index contributed by atoms with van der Waals surface area (Å²) in [4.78, 5) is 22.6. The zero-order chi connectivity index (χ0) is 44.4. The van der Waals surface area contributed by atoms with E-state index in [4.69, 9.17) is 24.3 Å². The van der Waals surface area contributed by atoms with E-state index in [1.165, 1.54) is 167 Å². The van der Waals surface area contributed by atoms with Gasteiger partial charge < -0.3 is 20.1 Å². The number of carbonyl (C=O) groups excluding carboxylic acids is 1. The molecule has 0 saturated heterocycles. The van der Waals surface area contributed by atoms with E-state index in [0.717, 1.165) is 51.4 Å².